The molecule has 3 aromatic heterocycles. The Morgan fingerprint density at radius 3 is 2.61 bits per heavy atom. The van der Waals surface area contributed by atoms with Crippen LogP contribution in [0, 0.1) is 0 Å². The zero-order valence-electron chi connectivity index (χ0n) is 15.1. The smallest absolute Gasteiger partial charge is 0.235 e. The van der Waals surface area contributed by atoms with Crippen LogP contribution in [0.3, 0.4) is 0 Å². The Labute approximate surface area is 171 Å². The molecular weight excluding hydrogens is 396 g/mol. The van der Waals surface area contributed by atoms with Gasteiger partial charge in [-0.05, 0) is 43.5 Å². The lowest BCUT2D eigenvalue weighted by Gasteiger charge is -2.31. The Balaban J connectivity index is 1.59. The average Bonchev–Trinajstić information content (AvgIpc) is 3.43. The summed E-state index contributed by atoms with van der Waals surface area (Å²) in [6, 6.07) is 11.6. The minimum atomic E-state index is 0.0399. The topological polar surface area (TPSA) is 68.0 Å². The second-order valence-electron chi connectivity index (χ2n) is 7.10. The summed E-state index contributed by atoms with van der Waals surface area (Å²) in [6.45, 7) is 2.16. The Bertz CT molecular complexity index is 1080. The SMILES string of the molecule is Oc1c([C@H](c2ccc(Cl)cc2)[NH+]2CCCCC2)sc2nc(-c3ccco3)nn12. The number of hydrogen-bond acceptors (Lipinski definition) is 5. The fourth-order valence-electron chi connectivity index (χ4n) is 3.97. The number of rotatable bonds is 4. The molecule has 0 radical (unpaired) electrons. The fourth-order valence-corrected chi connectivity index (χ4v) is 5.24. The second kappa shape index (κ2) is 7.24. The lowest BCUT2D eigenvalue weighted by atomic mass is 10.0. The molecule has 1 saturated heterocycles. The molecule has 28 heavy (non-hydrogen) atoms. The molecule has 144 valence electrons. The normalized spacial score (nSPS) is 16.6. The molecule has 0 amide bonds. The van der Waals surface area contributed by atoms with Crippen molar-refractivity contribution in [2.75, 3.05) is 13.1 Å². The molecule has 8 heteroatoms. The molecule has 5 rings (SSSR count). The number of benzene rings is 1. The van der Waals surface area contributed by atoms with Crippen molar-refractivity contribution < 1.29 is 14.4 Å². The molecule has 0 spiro atoms. The summed E-state index contributed by atoms with van der Waals surface area (Å²) >= 11 is 7.59. The number of aromatic hydroxyl groups is 1. The van der Waals surface area contributed by atoms with E-state index in [1.807, 2.05) is 18.2 Å². The highest BCUT2D eigenvalue weighted by Gasteiger charge is 2.33. The molecule has 0 saturated carbocycles. The van der Waals surface area contributed by atoms with Crippen molar-refractivity contribution in [1.29, 1.82) is 0 Å². The largest absolute Gasteiger partial charge is 0.492 e. The standard InChI is InChI=1S/C20H19ClN4O2S/c21-14-8-6-13(7-9-14)16(24-10-2-1-3-11-24)17-19(26)25-20(28-17)22-18(23-25)15-5-4-12-27-15/h4-9,12,16,26H,1-3,10-11H2/p+1/t16-/m0/s1. The number of quaternary nitrogens is 1. The number of thiazole rings is 1. The number of piperidine rings is 1. The van der Waals surface area contributed by atoms with Gasteiger partial charge in [-0.3, -0.25) is 0 Å². The van der Waals surface area contributed by atoms with Gasteiger partial charge in [0.05, 0.1) is 19.4 Å². The van der Waals surface area contributed by atoms with E-state index in [0.717, 1.165) is 23.5 Å². The molecule has 1 aromatic carbocycles. The number of furan rings is 1. The summed E-state index contributed by atoms with van der Waals surface area (Å²) in [7, 11) is 0. The van der Waals surface area contributed by atoms with Crippen LogP contribution in [0.2, 0.25) is 5.02 Å². The summed E-state index contributed by atoms with van der Waals surface area (Å²) in [5.41, 5.74) is 1.15. The molecule has 4 heterocycles. The second-order valence-corrected chi connectivity index (χ2v) is 8.55. The first-order valence-corrected chi connectivity index (χ1v) is 10.6. The minimum Gasteiger partial charge on any atom is -0.492 e. The lowest BCUT2D eigenvalue weighted by Crippen LogP contribution is -3.13. The summed E-state index contributed by atoms with van der Waals surface area (Å²) < 4.78 is 6.90. The molecular formula is C20H20ClN4O2S+. The van der Waals surface area contributed by atoms with Crippen molar-refractivity contribution in [3.63, 3.8) is 0 Å². The lowest BCUT2D eigenvalue weighted by molar-refractivity contribution is -0.929. The van der Waals surface area contributed by atoms with Crippen LogP contribution in [-0.2, 0) is 0 Å². The maximum atomic E-state index is 11.0. The fraction of sp³-hybridized carbons (Fsp3) is 0.300. The molecule has 0 unspecified atom stereocenters. The van der Waals surface area contributed by atoms with E-state index in [4.69, 9.17) is 16.0 Å². The summed E-state index contributed by atoms with van der Waals surface area (Å²) in [4.78, 5) is 7.57. The van der Waals surface area contributed by atoms with E-state index in [9.17, 15) is 5.11 Å². The maximum Gasteiger partial charge on any atom is 0.235 e. The summed E-state index contributed by atoms with van der Waals surface area (Å²) in [6.07, 6.45) is 5.25. The third kappa shape index (κ3) is 3.09. The molecule has 4 aromatic rings. The van der Waals surface area contributed by atoms with Crippen LogP contribution >= 0.6 is 22.9 Å². The molecule has 1 fully saturated rings. The molecule has 1 aliphatic heterocycles. The zero-order valence-corrected chi connectivity index (χ0v) is 16.7. The van der Waals surface area contributed by atoms with Gasteiger partial charge in [-0.15, -0.1) is 5.10 Å². The van der Waals surface area contributed by atoms with Gasteiger partial charge in [0.1, 0.15) is 4.88 Å². The van der Waals surface area contributed by atoms with E-state index in [1.54, 1.807) is 12.3 Å². The number of hydrogen-bond donors (Lipinski definition) is 2. The van der Waals surface area contributed by atoms with E-state index in [-0.39, 0.29) is 11.9 Å². The van der Waals surface area contributed by atoms with Crippen molar-refractivity contribution in [3.05, 3.63) is 58.1 Å². The van der Waals surface area contributed by atoms with Crippen LogP contribution in [0.25, 0.3) is 16.5 Å². The number of halogens is 1. The first kappa shape index (κ1) is 17.7. The molecule has 0 aliphatic carbocycles. The van der Waals surface area contributed by atoms with Crippen LogP contribution in [-0.4, -0.2) is 32.8 Å². The first-order chi connectivity index (χ1) is 13.7. The quantitative estimate of drug-likeness (QED) is 0.534. The van der Waals surface area contributed by atoms with Gasteiger partial charge in [-0.2, -0.15) is 9.50 Å². The van der Waals surface area contributed by atoms with Crippen LogP contribution in [0.5, 0.6) is 5.88 Å². The van der Waals surface area contributed by atoms with Crippen LogP contribution < -0.4 is 4.90 Å². The zero-order chi connectivity index (χ0) is 19.1. The van der Waals surface area contributed by atoms with E-state index in [0.29, 0.717) is 21.6 Å². The third-order valence-electron chi connectivity index (χ3n) is 5.31. The van der Waals surface area contributed by atoms with Crippen molar-refractivity contribution in [1.82, 2.24) is 14.6 Å². The van der Waals surface area contributed by atoms with Gasteiger partial charge in [0.15, 0.2) is 11.8 Å². The predicted molar refractivity (Wildman–Crippen MR) is 108 cm³/mol. The summed E-state index contributed by atoms with van der Waals surface area (Å²) in [5, 5.41) is 16.2. The van der Waals surface area contributed by atoms with Gasteiger partial charge in [0.2, 0.25) is 16.7 Å². The van der Waals surface area contributed by atoms with Crippen molar-refractivity contribution >= 4 is 27.9 Å². The number of fused-ring (bicyclic) bond motifs is 1. The van der Waals surface area contributed by atoms with E-state index < -0.39 is 0 Å². The summed E-state index contributed by atoms with van der Waals surface area (Å²) in [5.74, 6) is 1.22. The number of likely N-dealkylation sites (tertiary alicyclic amines) is 1. The monoisotopic (exact) mass is 415 g/mol. The number of aromatic nitrogens is 3. The van der Waals surface area contributed by atoms with Crippen LogP contribution in [0.4, 0.5) is 0 Å². The Hall–Kier alpha value is -2.35. The van der Waals surface area contributed by atoms with E-state index >= 15 is 0 Å². The van der Waals surface area contributed by atoms with E-state index in [1.165, 1.54) is 40.0 Å². The van der Waals surface area contributed by atoms with E-state index in [2.05, 4.69) is 22.2 Å². The Kier molecular flexibility index (Phi) is 4.58. The predicted octanol–water partition coefficient (Wildman–Crippen LogP) is 3.57. The highest BCUT2D eigenvalue weighted by molar-refractivity contribution is 7.17. The molecule has 0 bridgehead atoms. The van der Waals surface area contributed by atoms with Crippen molar-refractivity contribution in [2.45, 2.75) is 25.3 Å². The van der Waals surface area contributed by atoms with Crippen LogP contribution in [0.15, 0.2) is 47.1 Å². The van der Waals surface area contributed by atoms with Gasteiger partial charge >= 0.3 is 0 Å². The molecule has 1 aliphatic rings. The van der Waals surface area contributed by atoms with Gasteiger partial charge in [0.25, 0.3) is 0 Å². The van der Waals surface area contributed by atoms with Crippen molar-refractivity contribution in [3.8, 4) is 17.5 Å². The average molecular weight is 416 g/mol. The van der Waals surface area contributed by atoms with Crippen LogP contribution in [0.1, 0.15) is 35.7 Å². The van der Waals surface area contributed by atoms with Gasteiger partial charge in [-0.25, -0.2) is 0 Å². The third-order valence-corrected chi connectivity index (χ3v) is 6.65. The molecule has 1 atom stereocenters. The minimum absolute atomic E-state index is 0.0399. The first-order valence-electron chi connectivity index (χ1n) is 9.43. The number of nitrogens with one attached hydrogen (secondary N) is 1. The highest BCUT2D eigenvalue weighted by Crippen LogP contribution is 2.36. The van der Waals surface area contributed by atoms with Crippen molar-refractivity contribution in [2.24, 2.45) is 0 Å². The number of nitrogens with zero attached hydrogens (tertiary/aromatic N) is 3. The Morgan fingerprint density at radius 2 is 1.93 bits per heavy atom. The maximum absolute atomic E-state index is 11.0. The van der Waals surface area contributed by atoms with Gasteiger partial charge in [0, 0.05) is 10.6 Å². The molecule has 6 nitrogen and oxygen atoms in total. The highest BCUT2D eigenvalue weighted by atomic mass is 35.5. The van der Waals surface area contributed by atoms with Gasteiger partial charge < -0.3 is 14.4 Å². The van der Waals surface area contributed by atoms with Gasteiger partial charge in [-0.1, -0.05) is 35.1 Å². The Morgan fingerprint density at radius 1 is 1.14 bits per heavy atom. The molecule has 2 N–H and O–H groups in total.